The molecule has 1 rings (SSSR count). The molecule has 6 nitrogen and oxygen atoms in total. The average molecular weight is 230 g/mol. The Balaban J connectivity index is 2.64. The first-order valence-corrected chi connectivity index (χ1v) is 5.38. The van der Waals surface area contributed by atoms with Gasteiger partial charge in [-0.1, -0.05) is 6.92 Å². The molecule has 16 heavy (non-hydrogen) atoms. The summed E-state index contributed by atoms with van der Waals surface area (Å²) in [5.41, 5.74) is 0. The molecular formula is C10H18N2O4. The smallest absolute Gasteiger partial charge is 0.407 e. The third kappa shape index (κ3) is 3.10. The third-order valence-corrected chi connectivity index (χ3v) is 2.97. The molecule has 0 spiro atoms. The van der Waals surface area contributed by atoms with Crippen LogP contribution in [0.3, 0.4) is 0 Å². The van der Waals surface area contributed by atoms with E-state index in [0.717, 1.165) is 6.42 Å². The van der Waals surface area contributed by atoms with Gasteiger partial charge in [-0.3, -0.25) is 10.0 Å². The van der Waals surface area contributed by atoms with E-state index >= 15 is 0 Å². The van der Waals surface area contributed by atoms with Crippen molar-refractivity contribution in [2.75, 3.05) is 13.1 Å². The van der Waals surface area contributed by atoms with Crippen molar-refractivity contribution in [3.63, 3.8) is 0 Å². The third-order valence-electron chi connectivity index (χ3n) is 2.97. The van der Waals surface area contributed by atoms with E-state index in [2.05, 4.69) is 0 Å². The Labute approximate surface area is 94.4 Å². The normalized spacial score (nSPS) is 25.3. The Morgan fingerprint density at radius 3 is 2.62 bits per heavy atom. The van der Waals surface area contributed by atoms with Crippen molar-refractivity contribution in [2.24, 2.45) is 5.92 Å². The highest BCUT2D eigenvalue weighted by Gasteiger charge is 2.31. The Hall–Kier alpha value is -1.30. The van der Waals surface area contributed by atoms with Crippen LogP contribution in [0.2, 0.25) is 0 Å². The van der Waals surface area contributed by atoms with Crippen LogP contribution in [0.1, 0.15) is 26.7 Å². The van der Waals surface area contributed by atoms with Gasteiger partial charge in [0.1, 0.15) is 0 Å². The topological polar surface area (TPSA) is 81.1 Å². The monoisotopic (exact) mass is 230 g/mol. The zero-order valence-corrected chi connectivity index (χ0v) is 9.59. The van der Waals surface area contributed by atoms with E-state index in [1.165, 1.54) is 11.8 Å². The summed E-state index contributed by atoms with van der Waals surface area (Å²) in [6.07, 6.45) is 0.513. The zero-order chi connectivity index (χ0) is 12.3. The molecule has 1 aliphatic heterocycles. The van der Waals surface area contributed by atoms with Crippen molar-refractivity contribution in [3.8, 4) is 0 Å². The number of nitrogens with zero attached hydrogens (tertiary/aromatic N) is 2. The summed E-state index contributed by atoms with van der Waals surface area (Å²) in [7, 11) is 0. The Morgan fingerprint density at radius 2 is 2.12 bits per heavy atom. The van der Waals surface area contributed by atoms with E-state index in [1.54, 1.807) is 0 Å². The molecule has 0 aliphatic carbocycles. The predicted octanol–water partition coefficient (Wildman–Crippen LogP) is 1.00. The number of carboxylic acid groups (broad SMARTS) is 1. The Bertz CT molecular complexity index is 282. The number of hydroxylamine groups is 2. The van der Waals surface area contributed by atoms with Crippen molar-refractivity contribution in [3.05, 3.63) is 0 Å². The number of rotatable bonds is 2. The Morgan fingerprint density at radius 1 is 1.50 bits per heavy atom. The van der Waals surface area contributed by atoms with Crippen molar-refractivity contribution in [1.82, 2.24) is 9.96 Å². The Kier molecular flexibility index (Phi) is 4.12. The van der Waals surface area contributed by atoms with Gasteiger partial charge >= 0.3 is 6.09 Å². The van der Waals surface area contributed by atoms with Crippen molar-refractivity contribution >= 4 is 12.0 Å². The summed E-state index contributed by atoms with van der Waals surface area (Å²) < 4.78 is 0. The molecule has 0 aromatic heterocycles. The van der Waals surface area contributed by atoms with Gasteiger partial charge in [-0.25, -0.2) is 9.86 Å². The van der Waals surface area contributed by atoms with Crippen molar-refractivity contribution in [1.29, 1.82) is 0 Å². The fraction of sp³-hybridized carbons (Fsp3) is 0.800. The largest absolute Gasteiger partial charge is 0.465 e. The molecule has 1 heterocycles. The summed E-state index contributed by atoms with van der Waals surface area (Å²) in [6.45, 7) is 3.80. The van der Waals surface area contributed by atoms with E-state index < -0.39 is 12.0 Å². The van der Waals surface area contributed by atoms with Crippen LogP contribution in [-0.2, 0) is 4.79 Å². The molecule has 6 heteroatoms. The summed E-state index contributed by atoms with van der Waals surface area (Å²) in [5.74, 6) is -0.0514. The SMILES string of the molecule is CC(=O)N(O)C[C@H]1C[C@H](C)CCN1C(=O)O. The van der Waals surface area contributed by atoms with E-state index in [-0.39, 0.29) is 12.6 Å². The number of likely N-dealkylation sites (tertiary alicyclic amines) is 1. The van der Waals surface area contributed by atoms with Crippen LogP contribution in [-0.4, -0.2) is 51.4 Å². The van der Waals surface area contributed by atoms with Crippen LogP contribution in [0.25, 0.3) is 0 Å². The highest BCUT2D eigenvalue weighted by atomic mass is 16.5. The lowest BCUT2D eigenvalue weighted by Gasteiger charge is -2.37. The van der Waals surface area contributed by atoms with Crippen molar-refractivity contribution < 1.29 is 19.9 Å². The summed E-state index contributed by atoms with van der Waals surface area (Å²) in [5, 5.41) is 18.9. The van der Waals surface area contributed by atoms with E-state index in [4.69, 9.17) is 5.11 Å². The maximum Gasteiger partial charge on any atom is 0.407 e. The highest BCUT2D eigenvalue weighted by Crippen LogP contribution is 2.23. The van der Waals surface area contributed by atoms with Gasteiger partial charge in [0.25, 0.3) is 0 Å². The summed E-state index contributed by atoms with van der Waals surface area (Å²) in [4.78, 5) is 23.1. The van der Waals surface area contributed by atoms with Crippen LogP contribution in [0.5, 0.6) is 0 Å². The molecule has 0 saturated carbocycles. The number of carbonyl (C=O) groups excluding carboxylic acids is 1. The van der Waals surface area contributed by atoms with Crippen molar-refractivity contribution in [2.45, 2.75) is 32.7 Å². The minimum atomic E-state index is -0.992. The molecule has 0 radical (unpaired) electrons. The number of hydrogen-bond acceptors (Lipinski definition) is 3. The standard InChI is InChI=1S/C10H18N2O4/c1-7-3-4-11(10(14)15)9(5-7)6-12(16)8(2)13/h7,9,16H,3-6H2,1-2H3,(H,14,15)/t7-,9-/m1/s1. The number of hydrogen-bond donors (Lipinski definition) is 2. The lowest BCUT2D eigenvalue weighted by Crippen LogP contribution is -2.50. The van der Waals surface area contributed by atoms with E-state index in [0.29, 0.717) is 23.9 Å². The minimum Gasteiger partial charge on any atom is -0.465 e. The number of carbonyl (C=O) groups is 2. The zero-order valence-electron chi connectivity index (χ0n) is 9.59. The maximum atomic E-state index is 11.0. The minimum absolute atomic E-state index is 0.0476. The van der Waals surface area contributed by atoms with Crippen LogP contribution in [0.4, 0.5) is 4.79 Å². The quantitative estimate of drug-likeness (QED) is 0.548. The first-order chi connectivity index (χ1) is 7.41. The van der Waals surface area contributed by atoms with Gasteiger partial charge in [-0.05, 0) is 18.8 Å². The van der Waals surface area contributed by atoms with Crippen LogP contribution in [0, 0.1) is 5.92 Å². The van der Waals surface area contributed by atoms with Gasteiger partial charge in [0.05, 0.1) is 12.6 Å². The fourth-order valence-corrected chi connectivity index (χ4v) is 2.00. The summed E-state index contributed by atoms with van der Waals surface area (Å²) >= 11 is 0. The highest BCUT2D eigenvalue weighted by molar-refractivity contribution is 5.72. The van der Waals surface area contributed by atoms with E-state index in [1.807, 2.05) is 6.92 Å². The molecule has 1 saturated heterocycles. The molecule has 2 atom stereocenters. The first kappa shape index (κ1) is 12.8. The van der Waals surface area contributed by atoms with Crippen LogP contribution >= 0.6 is 0 Å². The molecule has 1 fully saturated rings. The lowest BCUT2D eigenvalue weighted by molar-refractivity contribution is -0.166. The van der Waals surface area contributed by atoms with E-state index in [9.17, 15) is 14.8 Å². The van der Waals surface area contributed by atoms with Gasteiger partial charge in [0.2, 0.25) is 5.91 Å². The number of amides is 2. The van der Waals surface area contributed by atoms with Gasteiger partial charge in [-0.2, -0.15) is 0 Å². The summed E-state index contributed by atoms with van der Waals surface area (Å²) in [6, 6.07) is -0.310. The maximum absolute atomic E-state index is 11.0. The molecule has 0 bridgehead atoms. The molecule has 0 unspecified atom stereocenters. The molecule has 2 amide bonds. The molecule has 2 N–H and O–H groups in total. The van der Waals surface area contributed by atoms with Gasteiger partial charge < -0.3 is 10.0 Å². The molecule has 0 aromatic carbocycles. The predicted molar refractivity (Wildman–Crippen MR) is 56.1 cm³/mol. The molecular weight excluding hydrogens is 212 g/mol. The van der Waals surface area contributed by atoms with Gasteiger partial charge in [0, 0.05) is 13.5 Å². The lowest BCUT2D eigenvalue weighted by atomic mass is 9.92. The first-order valence-electron chi connectivity index (χ1n) is 5.38. The molecule has 92 valence electrons. The van der Waals surface area contributed by atoms with Gasteiger partial charge in [-0.15, -0.1) is 0 Å². The second-order valence-electron chi connectivity index (χ2n) is 4.36. The second-order valence-corrected chi connectivity index (χ2v) is 4.36. The fourth-order valence-electron chi connectivity index (χ4n) is 2.00. The molecule has 0 aromatic rings. The van der Waals surface area contributed by atoms with Gasteiger partial charge in [0.15, 0.2) is 0 Å². The average Bonchev–Trinajstić information content (AvgIpc) is 2.16. The number of piperidine rings is 1. The molecule has 1 aliphatic rings. The van der Waals surface area contributed by atoms with Crippen LogP contribution < -0.4 is 0 Å². The van der Waals surface area contributed by atoms with Crippen LogP contribution in [0.15, 0.2) is 0 Å². The second kappa shape index (κ2) is 5.16.